The molecule has 1 saturated carbocycles. The van der Waals surface area contributed by atoms with Crippen LogP contribution >= 0.6 is 0 Å². The predicted octanol–water partition coefficient (Wildman–Crippen LogP) is 2.65. The third-order valence-electron chi connectivity index (χ3n) is 2.83. The van der Waals surface area contributed by atoms with E-state index in [1.807, 2.05) is 13.8 Å². The summed E-state index contributed by atoms with van der Waals surface area (Å²) in [4.78, 5) is 10.6. The first kappa shape index (κ1) is 9.62. The van der Waals surface area contributed by atoms with E-state index in [1.54, 1.807) is 0 Å². The van der Waals surface area contributed by atoms with Crippen molar-refractivity contribution in [2.24, 2.45) is 10.8 Å². The molecule has 0 aromatic carbocycles. The van der Waals surface area contributed by atoms with Crippen molar-refractivity contribution in [3.05, 3.63) is 0 Å². The minimum atomic E-state index is -2.73. The van der Waals surface area contributed by atoms with Crippen molar-refractivity contribution >= 4 is 6.29 Å². The number of carbonyl (C=O) groups is 1. The second kappa shape index (κ2) is 2.27. The smallest absolute Gasteiger partial charge is 0.246 e. The molecule has 0 heterocycles. The van der Waals surface area contributed by atoms with Crippen LogP contribution in [0.5, 0.6) is 0 Å². The van der Waals surface area contributed by atoms with Gasteiger partial charge in [0.25, 0.3) is 0 Å². The Morgan fingerprint density at radius 2 is 1.92 bits per heavy atom. The summed E-state index contributed by atoms with van der Waals surface area (Å²) >= 11 is 0. The van der Waals surface area contributed by atoms with Gasteiger partial charge in [0.1, 0.15) is 6.29 Å². The van der Waals surface area contributed by atoms with Gasteiger partial charge in [-0.25, -0.2) is 8.78 Å². The highest BCUT2D eigenvalue weighted by Crippen LogP contribution is 2.65. The molecule has 1 rings (SSSR count). The van der Waals surface area contributed by atoms with E-state index in [-0.39, 0.29) is 11.8 Å². The van der Waals surface area contributed by atoms with E-state index in [4.69, 9.17) is 0 Å². The monoisotopic (exact) mass is 176 g/mol. The topological polar surface area (TPSA) is 17.1 Å². The van der Waals surface area contributed by atoms with Crippen molar-refractivity contribution in [2.45, 2.75) is 39.5 Å². The fraction of sp³-hybridized carbons (Fsp3) is 0.889. The number of aldehydes is 1. The van der Waals surface area contributed by atoms with Crippen molar-refractivity contribution < 1.29 is 13.6 Å². The highest BCUT2D eigenvalue weighted by Gasteiger charge is 2.63. The van der Waals surface area contributed by atoms with Crippen LogP contribution < -0.4 is 0 Å². The first-order valence-electron chi connectivity index (χ1n) is 4.07. The van der Waals surface area contributed by atoms with E-state index in [1.165, 1.54) is 0 Å². The first-order valence-corrected chi connectivity index (χ1v) is 4.07. The summed E-state index contributed by atoms with van der Waals surface area (Å²) in [6.45, 7) is 4.58. The lowest BCUT2D eigenvalue weighted by Gasteiger charge is -2.18. The summed E-state index contributed by atoms with van der Waals surface area (Å²) in [5, 5.41) is 0. The van der Waals surface area contributed by atoms with Crippen molar-refractivity contribution in [1.29, 1.82) is 0 Å². The average molecular weight is 176 g/mol. The minimum absolute atomic E-state index is 0.228. The third kappa shape index (κ3) is 1.50. The standard InChI is InChI=1S/C9H14F2O/c1-7(2)4-9(7,6-12)5-8(3,10)11/h6H,4-5H2,1-3H3. The second-order valence-corrected chi connectivity index (χ2v) is 4.58. The quantitative estimate of drug-likeness (QED) is 0.604. The van der Waals surface area contributed by atoms with E-state index in [2.05, 4.69) is 0 Å². The molecule has 0 aromatic heterocycles. The zero-order valence-electron chi connectivity index (χ0n) is 7.66. The van der Waals surface area contributed by atoms with Crippen molar-refractivity contribution in [3.8, 4) is 0 Å². The molecule has 0 aliphatic heterocycles. The van der Waals surface area contributed by atoms with Crippen molar-refractivity contribution in [3.63, 3.8) is 0 Å². The maximum atomic E-state index is 12.6. The molecule has 0 spiro atoms. The highest BCUT2D eigenvalue weighted by atomic mass is 19.3. The maximum absolute atomic E-state index is 12.6. The molecule has 1 atom stereocenters. The van der Waals surface area contributed by atoms with Crippen molar-refractivity contribution in [2.75, 3.05) is 0 Å². The molecule has 0 radical (unpaired) electrons. The Bertz CT molecular complexity index is 205. The van der Waals surface area contributed by atoms with Crippen LogP contribution in [0.2, 0.25) is 0 Å². The lowest BCUT2D eigenvalue weighted by atomic mass is 9.91. The molecule has 0 saturated heterocycles. The number of carbonyl (C=O) groups excluding carboxylic acids is 1. The van der Waals surface area contributed by atoms with Gasteiger partial charge in [-0.2, -0.15) is 0 Å². The highest BCUT2D eigenvalue weighted by molar-refractivity contribution is 5.66. The van der Waals surface area contributed by atoms with Crippen LogP contribution in [0.25, 0.3) is 0 Å². The van der Waals surface area contributed by atoms with Crippen LogP contribution in [0.4, 0.5) is 8.78 Å². The fourth-order valence-electron chi connectivity index (χ4n) is 1.84. The lowest BCUT2D eigenvalue weighted by molar-refractivity contribution is -0.117. The molecule has 0 amide bonds. The van der Waals surface area contributed by atoms with Crippen LogP contribution in [-0.2, 0) is 4.79 Å². The maximum Gasteiger partial charge on any atom is 0.246 e. The van der Waals surface area contributed by atoms with Crippen LogP contribution in [0, 0.1) is 10.8 Å². The van der Waals surface area contributed by atoms with E-state index < -0.39 is 11.3 Å². The average Bonchev–Trinajstić information content (AvgIpc) is 2.30. The molecule has 70 valence electrons. The summed E-state index contributed by atoms with van der Waals surface area (Å²) in [5.41, 5.74) is -0.987. The van der Waals surface area contributed by atoms with Gasteiger partial charge in [-0.1, -0.05) is 13.8 Å². The van der Waals surface area contributed by atoms with Gasteiger partial charge in [0.05, 0.1) is 0 Å². The van der Waals surface area contributed by atoms with Gasteiger partial charge in [-0.15, -0.1) is 0 Å². The third-order valence-corrected chi connectivity index (χ3v) is 2.83. The Morgan fingerprint density at radius 1 is 1.50 bits per heavy atom. The van der Waals surface area contributed by atoms with E-state index >= 15 is 0 Å². The van der Waals surface area contributed by atoms with Gasteiger partial charge in [-0.05, 0) is 18.8 Å². The Balaban J connectivity index is 2.69. The molecule has 3 heteroatoms. The van der Waals surface area contributed by atoms with Gasteiger partial charge < -0.3 is 4.79 Å². The first-order chi connectivity index (χ1) is 5.22. The van der Waals surface area contributed by atoms with Crippen LogP contribution in [0.3, 0.4) is 0 Å². The summed E-state index contributed by atoms with van der Waals surface area (Å²) in [6.07, 6.45) is 0.980. The molecule has 1 aliphatic rings. The molecule has 0 N–H and O–H groups in total. The van der Waals surface area contributed by atoms with E-state index in [9.17, 15) is 13.6 Å². The zero-order valence-corrected chi connectivity index (χ0v) is 7.66. The van der Waals surface area contributed by atoms with Gasteiger partial charge in [-0.3, -0.25) is 0 Å². The Kier molecular flexibility index (Phi) is 1.82. The normalized spacial score (nSPS) is 33.1. The zero-order chi connectivity index (χ0) is 9.62. The van der Waals surface area contributed by atoms with Gasteiger partial charge in [0.2, 0.25) is 5.92 Å². The van der Waals surface area contributed by atoms with Gasteiger partial charge in [0.15, 0.2) is 0 Å². The molecule has 1 nitrogen and oxygen atoms in total. The largest absolute Gasteiger partial charge is 0.303 e. The Morgan fingerprint density at radius 3 is 2.00 bits per heavy atom. The number of rotatable bonds is 3. The predicted molar refractivity (Wildman–Crippen MR) is 42.1 cm³/mol. The molecule has 0 bridgehead atoms. The lowest BCUT2D eigenvalue weighted by Crippen LogP contribution is -2.22. The Hall–Kier alpha value is -0.470. The number of hydrogen-bond acceptors (Lipinski definition) is 1. The van der Waals surface area contributed by atoms with Crippen LogP contribution in [0.15, 0.2) is 0 Å². The second-order valence-electron chi connectivity index (χ2n) is 4.58. The summed E-state index contributed by atoms with van der Waals surface area (Å²) in [7, 11) is 0. The van der Waals surface area contributed by atoms with Crippen LogP contribution in [-0.4, -0.2) is 12.2 Å². The molecule has 12 heavy (non-hydrogen) atoms. The van der Waals surface area contributed by atoms with E-state index in [0.717, 1.165) is 6.92 Å². The van der Waals surface area contributed by atoms with Crippen molar-refractivity contribution in [1.82, 2.24) is 0 Å². The molecular formula is C9H14F2O. The van der Waals surface area contributed by atoms with E-state index in [0.29, 0.717) is 12.7 Å². The number of halogens is 2. The number of hydrogen-bond donors (Lipinski definition) is 0. The summed E-state index contributed by atoms with van der Waals surface area (Å²) in [5.74, 6) is -2.73. The molecule has 1 fully saturated rings. The van der Waals surface area contributed by atoms with Gasteiger partial charge in [0, 0.05) is 11.8 Å². The molecular weight excluding hydrogens is 162 g/mol. The SMILES string of the molecule is CC(F)(F)CC1(C=O)CC1(C)C. The minimum Gasteiger partial charge on any atom is -0.303 e. The summed E-state index contributed by atoms with van der Waals surface area (Å²) < 4.78 is 25.3. The molecule has 1 aliphatic carbocycles. The molecule has 1 unspecified atom stereocenters. The fourth-order valence-corrected chi connectivity index (χ4v) is 1.84. The Labute approximate surface area is 71.1 Å². The van der Waals surface area contributed by atoms with Gasteiger partial charge >= 0.3 is 0 Å². The summed E-state index contributed by atoms with van der Waals surface area (Å²) in [6, 6.07) is 0. The molecule has 0 aromatic rings. The number of alkyl halides is 2. The van der Waals surface area contributed by atoms with Crippen LogP contribution in [0.1, 0.15) is 33.6 Å².